The molecule has 0 aliphatic rings. The van der Waals surface area contributed by atoms with Crippen molar-refractivity contribution in [1.29, 1.82) is 0 Å². The van der Waals surface area contributed by atoms with Gasteiger partial charge in [-0.1, -0.05) is 13.0 Å². The molecule has 1 unspecified atom stereocenters. The minimum atomic E-state index is -0.495. The number of carbonyl (C=O) groups is 1. The molecule has 24 heavy (non-hydrogen) atoms. The molecule has 0 spiro atoms. The third-order valence-electron chi connectivity index (χ3n) is 3.80. The van der Waals surface area contributed by atoms with Gasteiger partial charge in [0.25, 0.3) is 5.69 Å². The SMILES string of the molecule is Cc1ccc(NC(=O)C(C)Cn2nc(C)c(Br)c2C)c([N+](=O)[O-])c1. The van der Waals surface area contributed by atoms with Crippen molar-refractivity contribution in [3.63, 3.8) is 0 Å². The monoisotopic (exact) mass is 394 g/mol. The highest BCUT2D eigenvalue weighted by Crippen LogP contribution is 2.26. The number of rotatable bonds is 5. The summed E-state index contributed by atoms with van der Waals surface area (Å²) >= 11 is 3.45. The number of nitro benzene ring substituents is 1. The molecular weight excluding hydrogens is 376 g/mol. The normalized spacial score (nSPS) is 12.0. The van der Waals surface area contributed by atoms with E-state index in [9.17, 15) is 14.9 Å². The first-order valence-electron chi connectivity index (χ1n) is 7.46. The van der Waals surface area contributed by atoms with Crippen LogP contribution in [0.2, 0.25) is 0 Å². The molecule has 0 bridgehead atoms. The molecular formula is C16H19BrN4O3. The number of halogens is 1. The average Bonchev–Trinajstić information content (AvgIpc) is 2.76. The van der Waals surface area contributed by atoms with E-state index < -0.39 is 10.8 Å². The number of aryl methyl sites for hydroxylation is 2. The molecule has 1 amide bonds. The molecule has 0 aliphatic carbocycles. The Morgan fingerprint density at radius 2 is 2.08 bits per heavy atom. The van der Waals surface area contributed by atoms with Crippen LogP contribution in [0.3, 0.4) is 0 Å². The van der Waals surface area contributed by atoms with E-state index in [-0.39, 0.29) is 17.3 Å². The van der Waals surface area contributed by atoms with Gasteiger partial charge in [-0.2, -0.15) is 5.10 Å². The fourth-order valence-corrected chi connectivity index (χ4v) is 2.63. The number of benzene rings is 1. The van der Waals surface area contributed by atoms with Crippen LogP contribution in [0.25, 0.3) is 0 Å². The van der Waals surface area contributed by atoms with Crippen LogP contribution in [0, 0.1) is 36.8 Å². The summed E-state index contributed by atoms with van der Waals surface area (Å²) in [4.78, 5) is 23.0. The molecule has 128 valence electrons. The number of amides is 1. The first-order chi connectivity index (χ1) is 11.2. The number of nitrogens with one attached hydrogen (secondary N) is 1. The molecule has 1 heterocycles. The lowest BCUT2D eigenvalue weighted by molar-refractivity contribution is -0.384. The standard InChI is InChI=1S/C16H19BrN4O3/c1-9-5-6-13(14(7-9)21(23)24)18-16(22)10(2)8-20-12(4)15(17)11(3)19-20/h5-7,10H,8H2,1-4H3,(H,18,22). The van der Waals surface area contributed by atoms with Gasteiger partial charge in [-0.25, -0.2) is 0 Å². The lowest BCUT2D eigenvalue weighted by Gasteiger charge is -2.14. The van der Waals surface area contributed by atoms with Gasteiger partial charge in [0.1, 0.15) is 5.69 Å². The molecule has 7 nitrogen and oxygen atoms in total. The Balaban J connectivity index is 2.15. The molecule has 1 aromatic carbocycles. The van der Waals surface area contributed by atoms with E-state index in [0.29, 0.717) is 6.54 Å². The molecule has 0 saturated carbocycles. The van der Waals surface area contributed by atoms with Crippen molar-refractivity contribution >= 4 is 33.2 Å². The summed E-state index contributed by atoms with van der Waals surface area (Å²) < 4.78 is 2.68. The summed E-state index contributed by atoms with van der Waals surface area (Å²) in [6.45, 7) is 7.72. The van der Waals surface area contributed by atoms with E-state index in [1.54, 1.807) is 30.7 Å². The number of carbonyl (C=O) groups excluding carboxylic acids is 1. The highest BCUT2D eigenvalue weighted by molar-refractivity contribution is 9.10. The summed E-state index contributed by atoms with van der Waals surface area (Å²) in [6.07, 6.45) is 0. The first kappa shape index (κ1) is 18.1. The van der Waals surface area contributed by atoms with E-state index in [1.807, 2.05) is 13.8 Å². The Hall–Kier alpha value is -2.22. The van der Waals surface area contributed by atoms with Crippen molar-refractivity contribution in [2.24, 2.45) is 5.92 Å². The first-order valence-corrected chi connectivity index (χ1v) is 8.25. The topological polar surface area (TPSA) is 90.1 Å². The molecule has 2 rings (SSSR count). The lowest BCUT2D eigenvalue weighted by Crippen LogP contribution is -2.25. The molecule has 8 heteroatoms. The van der Waals surface area contributed by atoms with Crippen LogP contribution in [0.5, 0.6) is 0 Å². The number of nitrogens with zero attached hydrogens (tertiary/aromatic N) is 3. The van der Waals surface area contributed by atoms with Gasteiger partial charge in [0.15, 0.2) is 0 Å². The van der Waals surface area contributed by atoms with E-state index in [0.717, 1.165) is 21.4 Å². The van der Waals surface area contributed by atoms with Crippen molar-refractivity contribution in [3.05, 3.63) is 49.7 Å². The fraction of sp³-hybridized carbons (Fsp3) is 0.375. The molecule has 0 fully saturated rings. The summed E-state index contributed by atoms with van der Waals surface area (Å²) in [7, 11) is 0. The van der Waals surface area contributed by atoms with Crippen LogP contribution < -0.4 is 5.32 Å². The Kier molecular flexibility index (Phi) is 5.38. The minimum Gasteiger partial charge on any atom is -0.320 e. The van der Waals surface area contributed by atoms with Gasteiger partial charge >= 0.3 is 0 Å². The highest BCUT2D eigenvalue weighted by atomic mass is 79.9. The molecule has 1 aromatic heterocycles. The van der Waals surface area contributed by atoms with Gasteiger partial charge in [0.2, 0.25) is 5.91 Å². The molecule has 1 atom stereocenters. The smallest absolute Gasteiger partial charge is 0.293 e. The van der Waals surface area contributed by atoms with Gasteiger partial charge in [0.05, 0.1) is 27.6 Å². The summed E-state index contributed by atoms with van der Waals surface area (Å²) in [5.74, 6) is -0.679. The van der Waals surface area contributed by atoms with Gasteiger partial charge in [0, 0.05) is 11.8 Å². The summed E-state index contributed by atoms with van der Waals surface area (Å²) in [6, 6.07) is 4.72. The Bertz CT molecular complexity index is 801. The Morgan fingerprint density at radius 3 is 2.62 bits per heavy atom. The van der Waals surface area contributed by atoms with Crippen LogP contribution in [0.15, 0.2) is 22.7 Å². The van der Waals surface area contributed by atoms with E-state index >= 15 is 0 Å². The van der Waals surface area contributed by atoms with Gasteiger partial charge < -0.3 is 5.32 Å². The molecule has 0 radical (unpaired) electrons. The number of hydrogen-bond acceptors (Lipinski definition) is 4. The maximum absolute atomic E-state index is 12.4. The van der Waals surface area contributed by atoms with Gasteiger partial charge in [-0.05, 0) is 48.3 Å². The lowest BCUT2D eigenvalue weighted by atomic mass is 10.1. The maximum atomic E-state index is 12.4. The van der Waals surface area contributed by atoms with Crippen molar-refractivity contribution in [1.82, 2.24) is 9.78 Å². The van der Waals surface area contributed by atoms with E-state index in [1.165, 1.54) is 6.07 Å². The van der Waals surface area contributed by atoms with Crippen LogP contribution >= 0.6 is 15.9 Å². The van der Waals surface area contributed by atoms with Crippen LogP contribution in [0.4, 0.5) is 11.4 Å². The van der Waals surface area contributed by atoms with Crippen molar-refractivity contribution in [2.75, 3.05) is 5.32 Å². The zero-order chi connectivity index (χ0) is 18.0. The molecule has 2 aromatic rings. The summed E-state index contributed by atoms with van der Waals surface area (Å²) in [5.41, 5.74) is 2.66. The Morgan fingerprint density at radius 1 is 1.42 bits per heavy atom. The van der Waals surface area contributed by atoms with Crippen molar-refractivity contribution < 1.29 is 9.72 Å². The van der Waals surface area contributed by atoms with E-state index in [2.05, 4.69) is 26.3 Å². The summed E-state index contributed by atoms with van der Waals surface area (Å²) in [5, 5.41) is 18.2. The molecule has 1 N–H and O–H groups in total. The maximum Gasteiger partial charge on any atom is 0.293 e. The second-order valence-electron chi connectivity index (χ2n) is 5.83. The van der Waals surface area contributed by atoms with Crippen LogP contribution in [-0.4, -0.2) is 20.6 Å². The highest BCUT2D eigenvalue weighted by Gasteiger charge is 2.21. The molecule has 0 aliphatic heterocycles. The zero-order valence-electron chi connectivity index (χ0n) is 14.0. The largest absolute Gasteiger partial charge is 0.320 e. The van der Waals surface area contributed by atoms with Crippen molar-refractivity contribution in [2.45, 2.75) is 34.2 Å². The zero-order valence-corrected chi connectivity index (χ0v) is 15.5. The number of hydrogen-bond donors (Lipinski definition) is 1. The van der Waals surface area contributed by atoms with Crippen molar-refractivity contribution in [3.8, 4) is 0 Å². The van der Waals surface area contributed by atoms with Gasteiger partial charge in [-0.15, -0.1) is 0 Å². The number of nitro groups is 1. The quantitative estimate of drug-likeness (QED) is 0.617. The predicted octanol–water partition coefficient (Wildman–Crippen LogP) is 3.75. The van der Waals surface area contributed by atoms with Gasteiger partial charge in [-0.3, -0.25) is 19.6 Å². The number of anilines is 1. The van der Waals surface area contributed by atoms with Crippen LogP contribution in [-0.2, 0) is 11.3 Å². The van der Waals surface area contributed by atoms with E-state index in [4.69, 9.17) is 0 Å². The third kappa shape index (κ3) is 3.81. The third-order valence-corrected chi connectivity index (χ3v) is 4.94. The minimum absolute atomic E-state index is 0.107. The molecule has 0 saturated heterocycles. The second kappa shape index (κ2) is 7.12. The fourth-order valence-electron chi connectivity index (χ4n) is 2.35. The number of aromatic nitrogens is 2. The van der Waals surface area contributed by atoms with Crippen LogP contribution in [0.1, 0.15) is 23.9 Å². The second-order valence-corrected chi connectivity index (χ2v) is 6.63. The average molecular weight is 395 g/mol. The Labute approximate surface area is 148 Å². The predicted molar refractivity (Wildman–Crippen MR) is 95.0 cm³/mol.